The fourth-order valence-electron chi connectivity index (χ4n) is 1.72. The number of imidazole rings is 1. The largest absolute Gasteiger partial charge is 0.383 e. The molecular formula is C14H18BrN3OS. The Labute approximate surface area is 132 Å². The van der Waals surface area contributed by atoms with Gasteiger partial charge < -0.3 is 14.6 Å². The highest BCUT2D eigenvalue weighted by atomic mass is 79.9. The maximum absolute atomic E-state index is 5.04. The topological polar surface area (TPSA) is 39.1 Å². The van der Waals surface area contributed by atoms with Crippen molar-refractivity contribution < 1.29 is 4.74 Å². The summed E-state index contributed by atoms with van der Waals surface area (Å²) in [6.07, 6.45) is 3.77. The summed E-state index contributed by atoms with van der Waals surface area (Å²) in [4.78, 5) is 5.57. The lowest BCUT2D eigenvalue weighted by atomic mass is 10.2. The van der Waals surface area contributed by atoms with Gasteiger partial charge in [0.1, 0.15) is 0 Å². The molecule has 0 saturated heterocycles. The molecule has 1 aromatic heterocycles. The Hall–Kier alpha value is -0.820. The van der Waals surface area contributed by atoms with Gasteiger partial charge in [-0.2, -0.15) is 0 Å². The number of benzene rings is 1. The van der Waals surface area contributed by atoms with Crippen LogP contribution >= 0.6 is 27.7 Å². The first-order valence-corrected chi connectivity index (χ1v) is 7.95. The van der Waals surface area contributed by atoms with Crippen LogP contribution in [-0.2, 0) is 18.3 Å². The Morgan fingerprint density at radius 3 is 3.00 bits per heavy atom. The smallest absolute Gasteiger partial charge is 0.172 e. The SMILES string of the molecule is COCCNCc1ccc(Br)cc1Sc1nccn1C. The van der Waals surface area contributed by atoms with Crippen molar-refractivity contribution in [3.63, 3.8) is 0 Å². The molecule has 1 heterocycles. The highest BCUT2D eigenvalue weighted by Crippen LogP contribution is 2.31. The van der Waals surface area contributed by atoms with Crippen molar-refractivity contribution in [1.29, 1.82) is 0 Å². The lowest BCUT2D eigenvalue weighted by Gasteiger charge is -2.11. The molecular weight excluding hydrogens is 338 g/mol. The van der Waals surface area contributed by atoms with Crippen LogP contribution in [0.3, 0.4) is 0 Å². The molecule has 1 aromatic carbocycles. The number of rotatable bonds is 7. The maximum atomic E-state index is 5.04. The van der Waals surface area contributed by atoms with Crippen molar-refractivity contribution in [2.75, 3.05) is 20.3 Å². The molecule has 0 amide bonds. The molecule has 0 aliphatic rings. The first-order chi connectivity index (χ1) is 9.70. The first kappa shape index (κ1) is 15.6. The molecule has 0 atom stereocenters. The molecule has 0 bridgehead atoms. The van der Waals surface area contributed by atoms with Gasteiger partial charge in [-0.1, -0.05) is 33.8 Å². The fraction of sp³-hybridized carbons (Fsp3) is 0.357. The normalized spacial score (nSPS) is 10.9. The van der Waals surface area contributed by atoms with Crippen molar-refractivity contribution in [2.24, 2.45) is 7.05 Å². The van der Waals surface area contributed by atoms with E-state index >= 15 is 0 Å². The number of hydrogen-bond donors (Lipinski definition) is 1. The van der Waals surface area contributed by atoms with Gasteiger partial charge in [-0.05, 0) is 17.7 Å². The molecule has 0 saturated carbocycles. The van der Waals surface area contributed by atoms with Crippen LogP contribution < -0.4 is 5.32 Å². The third kappa shape index (κ3) is 4.34. The minimum Gasteiger partial charge on any atom is -0.383 e. The molecule has 4 nitrogen and oxygen atoms in total. The summed E-state index contributed by atoms with van der Waals surface area (Å²) in [5, 5.41) is 4.36. The fourth-order valence-corrected chi connectivity index (χ4v) is 3.20. The van der Waals surface area contributed by atoms with Gasteiger partial charge in [-0.3, -0.25) is 0 Å². The number of nitrogens with one attached hydrogen (secondary N) is 1. The van der Waals surface area contributed by atoms with Crippen LogP contribution in [0.1, 0.15) is 5.56 Å². The summed E-state index contributed by atoms with van der Waals surface area (Å²) in [7, 11) is 3.72. The maximum Gasteiger partial charge on any atom is 0.172 e. The molecule has 0 radical (unpaired) electrons. The summed E-state index contributed by atoms with van der Waals surface area (Å²) < 4.78 is 8.14. The zero-order chi connectivity index (χ0) is 14.4. The van der Waals surface area contributed by atoms with Gasteiger partial charge in [0.2, 0.25) is 0 Å². The summed E-state index contributed by atoms with van der Waals surface area (Å²) in [6, 6.07) is 6.33. The van der Waals surface area contributed by atoms with Crippen molar-refractivity contribution in [1.82, 2.24) is 14.9 Å². The summed E-state index contributed by atoms with van der Waals surface area (Å²) in [6.45, 7) is 2.39. The Bertz CT molecular complexity index is 559. The Balaban J connectivity index is 2.09. The van der Waals surface area contributed by atoms with Gasteiger partial charge >= 0.3 is 0 Å². The van der Waals surface area contributed by atoms with Crippen molar-refractivity contribution in [2.45, 2.75) is 16.6 Å². The average Bonchev–Trinajstić information content (AvgIpc) is 2.82. The Kier molecular flexibility index (Phi) is 6.09. The van der Waals surface area contributed by atoms with Crippen LogP contribution in [0.4, 0.5) is 0 Å². The molecule has 2 rings (SSSR count). The molecule has 20 heavy (non-hydrogen) atoms. The van der Waals surface area contributed by atoms with Crippen LogP contribution in [0.25, 0.3) is 0 Å². The van der Waals surface area contributed by atoms with Crippen LogP contribution in [0.2, 0.25) is 0 Å². The van der Waals surface area contributed by atoms with E-state index in [0.717, 1.165) is 29.3 Å². The van der Waals surface area contributed by atoms with Crippen LogP contribution in [0.5, 0.6) is 0 Å². The van der Waals surface area contributed by atoms with E-state index in [0.29, 0.717) is 0 Å². The molecule has 6 heteroatoms. The second-order valence-electron chi connectivity index (χ2n) is 4.34. The predicted molar refractivity (Wildman–Crippen MR) is 85.1 cm³/mol. The number of aromatic nitrogens is 2. The first-order valence-electron chi connectivity index (χ1n) is 6.34. The second-order valence-corrected chi connectivity index (χ2v) is 6.27. The summed E-state index contributed by atoms with van der Waals surface area (Å²) in [5.74, 6) is 0. The van der Waals surface area contributed by atoms with Crippen molar-refractivity contribution in [3.05, 3.63) is 40.6 Å². The minimum absolute atomic E-state index is 0.721. The number of hydrogen-bond acceptors (Lipinski definition) is 4. The van der Waals surface area contributed by atoms with Gasteiger partial charge in [-0.15, -0.1) is 0 Å². The van der Waals surface area contributed by atoms with E-state index in [1.807, 2.05) is 24.0 Å². The van der Waals surface area contributed by atoms with Gasteiger partial charge in [0.25, 0.3) is 0 Å². The number of methoxy groups -OCH3 is 1. The van der Waals surface area contributed by atoms with Crippen LogP contribution in [0.15, 0.2) is 45.1 Å². The van der Waals surface area contributed by atoms with Gasteiger partial charge in [0.15, 0.2) is 5.16 Å². The third-order valence-electron chi connectivity index (χ3n) is 2.81. The van der Waals surface area contributed by atoms with Gasteiger partial charge in [0.05, 0.1) is 6.61 Å². The number of ether oxygens (including phenoxy) is 1. The van der Waals surface area contributed by atoms with Gasteiger partial charge in [0, 0.05) is 49.0 Å². The number of halogens is 1. The third-order valence-corrected chi connectivity index (χ3v) is 4.48. The molecule has 0 fully saturated rings. The molecule has 0 spiro atoms. The number of aryl methyl sites for hydroxylation is 1. The molecule has 0 unspecified atom stereocenters. The second kappa shape index (κ2) is 7.83. The highest BCUT2D eigenvalue weighted by molar-refractivity contribution is 9.10. The molecule has 108 valence electrons. The van der Waals surface area contributed by atoms with E-state index < -0.39 is 0 Å². The number of nitrogens with zero attached hydrogens (tertiary/aromatic N) is 2. The van der Waals surface area contributed by atoms with Crippen molar-refractivity contribution >= 4 is 27.7 Å². The van der Waals surface area contributed by atoms with Gasteiger partial charge in [-0.25, -0.2) is 4.98 Å². The van der Waals surface area contributed by atoms with Crippen LogP contribution in [-0.4, -0.2) is 29.8 Å². The lowest BCUT2D eigenvalue weighted by molar-refractivity contribution is 0.199. The predicted octanol–water partition coefficient (Wildman–Crippen LogP) is 3.07. The molecule has 0 aliphatic heterocycles. The monoisotopic (exact) mass is 355 g/mol. The van der Waals surface area contributed by atoms with E-state index in [-0.39, 0.29) is 0 Å². The Morgan fingerprint density at radius 1 is 1.45 bits per heavy atom. The van der Waals surface area contributed by atoms with Crippen molar-refractivity contribution in [3.8, 4) is 0 Å². The quantitative estimate of drug-likeness (QED) is 0.774. The van der Waals surface area contributed by atoms with E-state index in [2.05, 4.69) is 44.4 Å². The average molecular weight is 356 g/mol. The molecule has 2 aromatic rings. The van der Waals surface area contributed by atoms with E-state index in [1.54, 1.807) is 18.9 Å². The van der Waals surface area contributed by atoms with Crippen LogP contribution in [0, 0.1) is 0 Å². The zero-order valence-corrected chi connectivity index (χ0v) is 14.0. The summed E-state index contributed by atoms with van der Waals surface area (Å²) in [5.41, 5.74) is 1.26. The standard InChI is InChI=1S/C14H18BrN3OS/c1-18-7-5-17-14(18)20-13-9-12(15)4-3-11(13)10-16-6-8-19-2/h3-5,7,9,16H,6,8,10H2,1-2H3. The molecule has 1 N–H and O–H groups in total. The van der Waals surface area contributed by atoms with E-state index in [4.69, 9.17) is 4.74 Å². The lowest BCUT2D eigenvalue weighted by Crippen LogP contribution is -2.18. The minimum atomic E-state index is 0.721. The van der Waals surface area contributed by atoms with E-state index in [9.17, 15) is 0 Å². The molecule has 0 aliphatic carbocycles. The summed E-state index contributed by atoms with van der Waals surface area (Å²) >= 11 is 5.21. The van der Waals surface area contributed by atoms with E-state index in [1.165, 1.54) is 10.5 Å². The Morgan fingerprint density at radius 2 is 2.30 bits per heavy atom. The zero-order valence-electron chi connectivity index (χ0n) is 11.6. The highest BCUT2D eigenvalue weighted by Gasteiger charge is 2.08.